The molecule has 0 radical (unpaired) electrons. The molecule has 0 aromatic rings. The van der Waals surface area contributed by atoms with E-state index in [4.69, 9.17) is 37.0 Å². The lowest BCUT2D eigenvalue weighted by Crippen LogP contribution is -2.30. The van der Waals surface area contributed by atoms with Crippen LogP contribution >= 0.6 is 15.6 Å². The highest BCUT2D eigenvalue weighted by Crippen LogP contribution is 2.45. The van der Waals surface area contributed by atoms with Gasteiger partial charge in [0.25, 0.3) is 0 Å². The molecule has 0 aromatic heterocycles. The number of carbonyl (C=O) groups is 4. The zero-order chi connectivity index (χ0) is 47.0. The van der Waals surface area contributed by atoms with E-state index in [9.17, 15) is 43.2 Å². The summed E-state index contributed by atoms with van der Waals surface area (Å²) in [5, 5.41) is 10.3. The maximum atomic E-state index is 12.7. The smallest absolute Gasteiger partial charge is 0.462 e. The minimum atomic E-state index is -4.91. The summed E-state index contributed by atoms with van der Waals surface area (Å²) in [6.45, 7) is 7.43. The maximum Gasteiger partial charge on any atom is 0.472 e. The fraction of sp³-hybridized carbons (Fsp3) is 0.864. The van der Waals surface area contributed by atoms with Crippen molar-refractivity contribution in [3.05, 3.63) is 13.8 Å². The van der Waals surface area contributed by atoms with Crippen molar-refractivity contribution >= 4 is 39.5 Å². The first-order valence-electron chi connectivity index (χ1n) is 23.4. The van der Waals surface area contributed by atoms with Gasteiger partial charge in [0.1, 0.15) is 19.3 Å². The van der Waals surface area contributed by atoms with Crippen LogP contribution in [0.2, 0.25) is 0 Å². The second kappa shape index (κ2) is 40.3. The molecule has 0 spiro atoms. The number of aliphatic hydroxyl groups is 1. The molecule has 3 N–H and O–H groups in total. The van der Waals surface area contributed by atoms with Gasteiger partial charge in [0.05, 0.1) is 26.4 Å². The molecule has 0 rings (SSSR count). The Bertz CT molecular complexity index is 1270. The zero-order valence-electron chi connectivity index (χ0n) is 38.4. The number of rotatable bonds is 45. The number of hydrogen-bond acceptors (Lipinski definition) is 15. The predicted octanol–water partition coefficient (Wildman–Crippen LogP) is 9.77. The van der Waals surface area contributed by atoms with Gasteiger partial charge in [-0.1, -0.05) is 129 Å². The van der Waals surface area contributed by atoms with E-state index in [1.807, 2.05) is 6.92 Å². The molecule has 0 aromatic carbocycles. The molecular weight excluding hydrogens is 862 g/mol. The van der Waals surface area contributed by atoms with Crippen LogP contribution in [-0.2, 0) is 65.4 Å². The monoisotopic (exact) mass is 945 g/mol. The maximum absolute atomic E-state index is 12.7. The van der Waals surface area contributed by atoms with Crippen LogP contribution in [0.1, 0.15) is 187 Å². The summed E-state index contributed by atoms with van der Waals surface area (Å²) in [6, 6.07) is 0. The number of phosphoric ester groups is 2. The Labute approximate surface area is 377 Å². The molecule has 0 aliphatic rings. The summed E-state index contributed by atoms with van der Waals surface area (Å²) in [4.78, 5) is 69.4. The van der Waals surface area contributed by atoms with Gasteiger partial charge >= 0.3 is 39.5 Å². The van der Waals surface area contributed by atoms with Gasteiger partial charge in [-0.05, 0) is 19.3 Å². The molecule has 0 heterocycles. The Hall–Kier alpha value is -1.94. The van der Waals surface area contributed by atoms with Crippen molar-refractivity contribution in [1.82, 2.24) is 0 Å². The van der Waals surface area contributed by atoms with E-state index in [0.717, 1.165) is 44.9 Å². The average molecular weight is 945 g/mol. The third-order valence-corrected chi connectivity index (χ3v) is 11.5. The first-order chi connectivity index (χ1) is 30.2. The van der Waals surface area contributed by atoms with Crippen molar-refractivity contribution in [2.45, 2.75) is 206 Å². The second-order valence-corrected chi connectivity index (χ2v) is 18.7. The van der Waals surface area contributed by atoms with Gasteiger partial charge in [0.2, 0.25) is 0 Å². The molecule has 0 fully saturated rings. The van der Waals surface area contributed by atoms with Crippen LogP contribution < -0.4 is 0 Å². The largest absolute Gasteiger partial charge is 0.472 e. The summed E-state index contributed by atoms with van der Waals surface area (Å²) < 4.78 is 65.6. The lowest BCUT2D eigenvalue weighted by molar-refractivity contribution is -0.161. The van der Waals surface area contributed by atoms with Crippen LogP contribution in [0, 0.1) is 13.8 Å². The third kappa shape index (κ3) is 40.1. The van der Waals surface area contributed by atoms with Crippen molar-refractivity contribution in [3.63, 3.8) is 0 Å². The lowest BCUT2D eigenvalue weighted by Gasteiger charge is -2.21. The van der Waals surface area contributed by atoms with Gasteiger partial charge in [-0.25, -0.2) is 9.13 Å². The third-order valence-electron chi connectivity index (χ3n) is 9.64. The molecule has 0 bridgehead atoms. The van der Waals surface area contributed by atoms with Crippen LogP contribution in [-0.4, -0.2) is 96.7 Å². The number of aliphatic hydroxyl groups excluding tert-OH is 1. The van der Waals surface area contributed by atoms with E-state index < -0.39 is 97.5 Å². The van der Waals surface area contributed by atoms with E-state index in [-0.39, 0.29) is 32.1 Å². The van der Waals surface area contributed by atoms with Crippen molar-refractivity contribution in [3.8, 4) is 0 Å². The molecule has 63 heavy (non-hydrogen) atoms. The summed E-state index contributed by atoms with van der Waals surface area (Å²) in [7, 11) is -9.82. The molecular formula is C44H82O17P2-2. The van der Waals surface area contributed by atoms with Gasteiger partial charge in [-0.15, -0.1) is 0 Å². The molecule has 2 unspecified atom stereocenters. The number of esters is 4. The van der Waals surface area contributed by atoms with Gasteiger partial charge in [0.15, 0.2) is 12.2 Å². The van der Waals surface area contributed by atoms with Crippen molar-refractivity contribution < 1.29 is 80.2 Å². The normalized spacial score (nSPS) is 14.8. The number of hydrogen-bond donors (Lipinski definition) is 3. The summed E-state index contributed by atoms with van der Waals surface area (Å²) in [5.74, 6) is -2.38. The Balaban J connectivity index is 4.87. The zero-order valence-corrected chi connectivity index (χ0v) is 40.2. The topological polar surface area (TPSA) is 237 Å². The standard InChI is InChI=1S/C44H82O17P2/c1-5-9-12-14-15-16-17-18-19-20-21-22-23-24-27-31-44(49)61-40(35-55-42(47)30-26-13-10-6-2)37-59-63(52,53)57-33-38(45)32-56-62(50,51)58-36-39(60-43(48)28-8-4)34-54-41(46)29-25-11-7-3/h38-40,45H,3-37H2,1-2H3,(H,50,51)(H,52,53)/q-2/t38-,39-,40-/m1/s1. The molecule has 17 nitrogen and oxygen atoms in total. The van der Waals surface area contributed by atoms with Crippen LogP contribution in [0.4, 0.5) is 0 Å². The average Bonchev–Trinajstić information content (AvgIpc) is 3.24. The SMILES string of the molecule is [CH2-]CCCCC(=O)OC[C@H](COP(=O)(O)OC[C@@H](O)COP(=O)(O)OC[C@@H](COC(=O)CCCCCC)OC(=O)CCCCCCCCCCCCCCCCC)OC(=O)CC[CH2-]. The highest BCUT2D eigenvalue weighted by Gasteiger charge is 2.30. The Morgan fingerprint density at radius 3 is 1.13 bits per heavy atom. The van der Waals surface area contributed by atoms with E-state index in [0.29, 0.717) is 32.1 Å². The minimum Gasteiger partial charge on any atom is -0.462 e. The molecule has 0 aliphatic carbocycles. The molecule has 0 saturated carbocycles. The fourth-order valence-electron chi connectivity index (χ4n) is 6.00. The Kier molecular flexibility index (Phi) is 39.1. The molecule has 5 atom stereocenters. The van der Waals surface area contributed by atoms with Gasteiger partial charge in [-0.3, -0.25) is 37.3 Å². The number of phosphoric acid groups is 2. The van der Waals surface area contributed by atoms with Crippen molar-refractivity contribution in [1.29, 1.82) is 0 Å². The van der Waals surface area contributed by atoms with Crippen molar-refractivity contribution in [2.24, 2.45) is 0 Å². The molecule has 0 aliphatic heterocycles. The van der Waals surface area contributed by atoms with E-state index in [2.05, 4.69) is 20.8 Å². The molecule has 0 saturated heterocycles. The molecule has 372 valence electrons. The first-order valence-corrected chi connectivity index (χ1v) is 26.4. The Morgan fingerprint density at radius 2 is 0.746 bits per heavy atom. The van der Waals surface area contributed by atoms with E-state index in [1.54, 1.807) is 0 Å². The number of unbranched alkanes of at least 4 members (excludes halogenated alkanes) is 19. The van der Waals surface area contributed by atoms with E-state index >= 15 is 0 Å². The minimum absolute atomic E-state index is 0.0656. The van der Waals surface area contributed by atoms with Crippen LogP contribution in [0.5, 0.6) is 0 Å². The molecule has 19 heteroatoms. The number of ether oxygens (including phenoxy) is 4. The van der Waals surface area contributed by atoms with Gasteiger partial charge in [-0.2, -0.15) is 12.8 Å². The molecule has 0 amide bonds. The Morgan fingerprint density at radius 1 is 0.429 bits per heavy atom. The predicted molar refractivity (Wildman–Crippen MR) is 238 cm³/mol. The summed E-state index contributed by atoms with van der Waals surface area (Å²) >= 11 is 0. The van der Waals surface area contributed by atoms with Crippen LogP contribution in [0.3, 0.4) is 0 Å². The summed E-state index contributed by atoms with van der Waals surface area (Å²) in [6.07, 6.45) is 19.3. The fourth-order valence-corrected chi connectivity index (χ4v) is 7.58. The number of carbonyl (C=O) groups excluding carboxylic acids is 4. The summed E-state index contributed by atoms with van der Waals surface area (Å²) in [5.41, 5.74) is 0. The highest BCUT2D eigenvalue weighted by molar-refractivity contribution is 7.47. The lowest BCUT2D eigenvalue weighted by atomic mass is 10.0. The van der Waals surface area contributed by atoms with Crippen molar-refractivity contribution in [2.75, 3.05) is 39.6 Å². The van der Waals surface area contributed by atoms with E-state index in [1.165, 1.54) is 64.2 Å². The van der Waals surface area contributed by atoms with Gasteiger partial charge in [0, 0.05) is 25.7 Å². The first kappa shape index (κ1) is 61.1. The quantitative estimate of drug-likeness (QED) is 0.0169. The van der Waals surface area contributed by atoms with Crippen LogP contribution in [0.15, 0.2) is 0 Å². The van der Waals surface area contributed by atoms with Crippen LogP contribution in [0.25, 0.3) is 0 Å². The highest BCUT2D eigenvalue weighted by atomic mass is 31.2. The van der Waals surface area contributed by atoms with Gasteiger partial charge < -0.3 is 47.7 Å². The second-order valence-electron chi connectivity index (χ2n) is 15.8.